The third-order valence-corrected chi connectivity index (χ3v) is 6.20. The molecule has 5 atom stereocenters. The fourth-order valence-electron chi connectivity index (χ4n) is 3.29. The smallest absolute Gasteiger partial charge is 0.309 e. The summed E-state index contributed by atoms with van der Waals surface area (Å²) in [5.41, 5.74) is 0. The molecule has 1 aliphatic heterocycles. The van der Waals surface area contributed by atoms with Crippen LogP contribution in [0, 0.1) is 17.8 Å². The second kappa shape index (κ2) is 7.54. The molecule has 1 saturated carbocycles. The molecule has 0 spiro atoms. The van der Waals surface area contributed by atoms with Gasteiger partial charge in [-0.3, -0.25) is 0 Å². The summed E-state index contributed by atoms with van der Waals surface area (Å²) in [7, 11) is -1.17. The predicted molar refractivity (Wildman–Crippen MR) is 83.5 cm³/mol. The normalized spacial score (nSPS) is 40.8. The third-order valence-electron chi connectivity index (χ3n) is 4.69. The molecular weight excluding hydrogens is 271 g/mol. The Morgan fingerprint density at radius 1 is 0.950 bits per heavy atom. The maximum absolute atomic E-state index is 6.32. The lowest BCUT2D eigenvalue weighted by atomic mass is 9.75. The molecule has 1 aliphatic carbocycles. The molecule has 0 amide bonds. The predicted octanol–water partition coefficient (Wildman–Crippen LogP) is 5.29. The SMILES string of the molecule is CC(C)[C@@H]1CC[C@@H](C)C[C@H]1OP1O[C@@H](C)CC[C@H](C)O1. The standard InChI is InChI=1S/C16H31O3P/c1-11(2)15-9-6-12(3)10-16(15)19-20-17-13(4)7-8-14(5)18-20/h11-16H,6-10H2,1-5H3/t12-,13+,14+,15+,16-/m1/s1. The summed E-state index contributed by atoms with van der Waals surface area (Å²) in [4.78, 5) is 0. The first-order chi connectivity index (χ1) is 9.45. The Labute approximate surface area is 125 Å². The van der Waals surface area contributed by atoms with Gasteiger partial charge in [-0.2, -0.15) is 0 Å². The molecule has 2 fully saturated rings. The van der Waals surface area contributed by atoms with E-state index < -0.39 is 8.60 Å². The van der Waals surface area contributed by atoms with Gasteiger partial charge in [0.1, 0.15) is 0 Å². The molecule has 20 heavy (non-hydrogen) atoms. The van der Waals surface area contributed by atoms with Gasteiger partial charge in [-0.25, -0.2) is 0 Å². The molecule has 0 aromatic rings. The first-order valence-corrected chi connectivity index (χ1v) is 9.35. The lowest BCUT2D eigenvalue weighted by Gasteiger charge is -2.38. The summed E-state index contributed by atoms with van der Waals surface area (Å²) in [5.74, 6) is 2.07. The molecule has 0 N–H and O–H groups in total. The van der Waals surface area contributed by atoms with Crippen molar-refractivity contribution in [3.05, 3.63) is 0 Å². The zero-order valence-electron chi connectivity index (χ0n) is 13.7. The molecule has 1 saturated heterocycles. The molecule has 2 aliphatic rings. The van der Waals surface area contributed by atoms with E-state index in [-0.39, 0.29) is 12.2 Å². The molecule has 0 unspecified atom stereocenters. The Morgan fingerprint density at radius 2 is 1.55 bits per heavy atom. The van der Waals surface area contributed by atoms with Crippen molar-refractivity contribution in [3.63, 3.8) is 0 Å². The van der Waals surface area contributed by atoms with Crippen LogP contribution in [0.1, 0.15) is 66.7 Å². The van der Waals surface area contributed by atoms with Crippen LogP contribution in [0.5, 0.6) is 0 Å². The summed E-state index contributed by atoms with van der Waals surface area (Å²) in [6.07, 6.45) is 6.71. The summed E-state index contributed by atoms with van der Waals surface area (Å²) < 4.78 is 18.3. The monoisotopic (exact) mass is 302 g/mol. The lowest BCUT2D eigenvalue weighted by molar-refractivity contribution is 0.0168. The van der Waals surface area contributed by atoms with Gasteiger partial charge in [0.05, 0.1) is 18.3 Å². The molecule has 0 bridgehead atoms. The largest absolute Gasteiger partial charge is 0.333 e. The van der Waals surface area contributed by atoms with E-state index in [0.29, 0.717) is 17.9 Å². The minimum atomic E-state index is -1.17. The topological polar surface area (TPSA) is 27.7 Å². The van der Waals surface area contributed by atoms with Crippen LogP contribution < -0.4 is 0 Å². The number of hydrogen-bond donors (Lipinski definition) is 0. The van der Waals surface area contributed by atoms with Gasteiger partial charge in [0, 0.05) is 0 Å². The van der Waals surface area contributed by atoms with E-state index in [2.05, 4.69) is 34.6 Å². The van der Waals surface area contributed by atoms with Crippen molar-refractivity contribution in [2.45, 2.75) is 85.0 Å². The van der Waals surface area contributed by atoms with Gasteiger partial charge < -0.3 is 13.6 Å². The summed E-state index contributed by atoms with van der Waals surface area (Å²) >= 11 is 0. The first kappa shape index (κ1) is 16.7. The van der Waals surface area contributed by atoms with Gasteiger partial charge in [0.25, 0.3) is 0 Å². The molecular formula is C16H31O3P. The Kier molecular flexibility index (Phi) is 6.28. The number of hydrogen-bond acceptors (Lipinski definition) is 3. The molecule has 118 valence electrons. The Bertz CT molecular complexity index is 285. The highest BCUT2D eigenvalue weighted by Gasteiger charge is 2.36. The van der Waals surface area contributed by atoms with Gasteiger partial charge in [0.15, 0.2) is 0 Å². The van der Waals surface area contributed by atoms with Crippen molar-refractivity contribution in [1.29, 1.82) is 0 Å². The van der Waals surface area contributed by atoms with Crippen LogP contribution in [0.3, 0.4) is 0 Å². The first-order valence-electron chi connectivity index (χ1n) is 8.26. The quantitative estimate of drug-likeness (QED) is 0.662. The molecule has 0 aromatic carbocycles. The summed E-state index contributed by atoms with van der Waals surface area (Å²) in [5, 5.41) is 0. The van der Waals surface area contributed by atoms with E-state index in [4.69, 9.17) is 13.6 Å². The molecule has 4 heteroatoms. The van der Waals surface area contributed by atoms with E-state index in [0.717, 1.165) is 25.2 Å². The molecule has 2 rings (SSSR count). The van der Waals surface area contributed by atoms with E-state index in [1.54, 1.807) is 0 Å². The van der Waals surface area contributed by atoms with Crippen molar-refractivity contribution in [2.75, 3.05) is 0 Å². The Morgan fingerprint density at radius 3 is 2.10 bits per heavy atom. The van der Waals surface area contributed by atoms with Gasteiger partial charge in [-0.05, 0) is 57.3 Å². The molecule has 0 radical (unpaired) electrons. The fraction of sp³-hybridized carbons (Fsp3) is 1.00. The van der Waals surface area contributed by atoms with Crippen LogP contribution in [0.25, 0.3) is 0 Å². The second-order valence-electron chi connectivity index (χ2n) is 7.10. The second-order valence-corrected chi connectivity index (χ2v) is 8.18. The lowest BCUT2D eigenvalue weighted by Crippen LogP contribution is -2.33. The van der Waals surface area contributed by atoms with Crippen molar-refractivity contribution in [2.24, 2.45) is 17.8 Å². The zero-order valence-corrected chi connectivity index (χ0v) is 14.6. The van der Waals surface area contributed by atoms with E-state index in [1.165, 1.54) is 12.8 Å². The highest BCUT2D eigenvalue weighted by atomic mass is 31.2. The van der Waals surface area contributed by atoms with Crippen LogP contribution in [0.4, 0.5) is 0 Å². The van der Waals surface area contributed by atoms with E-state index >= 15 is 0 Å². The average Bonchev–Trinajstić information content (AvgIpc) is 2.50. The zero-order chi connectivity index (χ0) is 14.7. The highest BCUT2D eigenvalue weighted by molar-refractivity contribution is 7.41. The Balaban J connectivity index is 1.97. The summed E-state index contributed by atoms with van der Waals surface area (Å²) in [6, 6.07) is 0. The van der Waals surface area contributed by atoms with Gasteiger partial charge >= 0.3 is 8.60 Å². The maximum Gasteiger partial charge on any atom is 0.333 e. The van der Waals surface area contributed by atoms with Crippen LogP contribution in [-0.4, -0.2) is 18.3 Å². The Hall–Kier alpha value is 0.310. The minimum Gasteiger partial charge on any atom is -0.309 e. The van der Waals surface area contributed by atoms with Gasteiger partial charge in [-0.1, -0.05) is 27.2 Å². The van der Waals surface area contributed by atoms with Crippen molar-refractivity contribution < 1.29 is 13.6 Å². The fourth-order valence-corrected chi connectivity index (χ4v) is 4.70. The average molecular weight is 302 g/mol. The van der Waals surface area contributed by atoms with Crippen LogP contribution >= 0.6 is 8.60 Å². The van der Waals surface area contributed by atoms with Crippen LogP contribution in [-0.2, 0) is 13.6 Å². The van der Waals surface area contributed by atoms with Crippen molar-refractivity contribution in [1.82, 2.24) is 0 Å². The number of rotatable bonds is 3. The minimum absolute atomic E-state index is 0.254. The third kappa shape index (κ3) is 4.66. The summed E-state index contributed by atoms with van der Waals surface area (Å²) in [6.45, 7) is 11.2. The highest BCUT2D eigenvalue weighted by Crippen LogP contribution is 2.50. The van der Waals surface area contributed by atoms with Crippen molar-refractivity contribution in [3.8, 4) is 0 Å². The molecule has 0 aromatic heterocycles. The molecule has 3 nitrogen and oxygen atoms in total. The van der Waals surface area contributed by atoms with E-state index in [9.17, 15) is 0 Å². The van der Waals surface area contributed by atoms with Gasteiger partial charge in [0.2, 0.25) is 0 Å². The van der Waals surface area contributed by atoms with Crippen LogP contribution in [0.15, 0.2) is 0 Å². The van der Waals surface area contributed by atoms with Crippen LogP contribution in [0.2, 0.25) is 0 Å². The van der Waals surface area contributed by atoms with Gasteiger partial charge in [-0.15, -0.1) is 0 Å². The maximum atomic E-state index is 6.32. The van der Waals surface area contributed by atoms with E-state index in [1.807, 2.05) is 0 Å². The van der Waals surface area contributed by atoms with Crippen molar-refractivity contribution >= 4 is 8.60 Å². The molecule has 1 heterocycles.